The molecule has 0 fully saturated rings. The summed E-state index contributed by atoms with van der Waals surface area (Å²) in [6.07, 6.45) is -4.74. The van der Waals surface area contributed by atoms with Crippen molar-refractivity contribution in [2.75, 3.05) is 24.0 Å². The molecule has 0 bridgehead atoms. The molecule has 0 saturated carbocycles. The minimum atomic E-state index is -4.74. The lowest BCUT2D eigenvalue weighted by atomic mass is 10.1. The van der Waals surface area contributed by atoms with Gasteiger partial charge in [0.05, 0.1) is 27.7 Å². The Labute approximate surface area is 212 Å². The molecule has 0 saturated heterocycles. The smallest absolute Gasteiger partial charge is 0.416 e. The zero-order valence-electron chi connectivity index (χ0n) is 19.5. The van der Waals surface area contributed by atoms with Gasteiger partial charge in [-0.2, -0.15) is 13.2 Å². The molecule has 1 N–H and O–H groups in total. The normalized spacial score (nSPS) is 11.7. The maximum atomic E-state index is 13.3. The van der Waals surface area contributed by atoms with Crippen molar-refractivity contribution in [1.82, 2.24) is 5.32 Å². The molecule has 0 unspecified atom stereocenters. The zero-order valence-corrected chi connectivity index (χ0v) is 21.0. The third-order valence-electron chi connectivity index (χ3n) is 5.05. The summed E-state index contributed by atoms with van der Waals surface area (Å²) in [7, 11) is -4.43. The van der Waals surface area contributed by atoms with Crippen LogP contribution in [-0.4, -0.2) is 34.0 Å². The first-order valence-corrected chi connectivity index (χ1v) is 12.6. The van der Waals surface area contributed by atoms with Crippen LogP contribution in [0.25, 0.3) is 0 Å². The standard InChI is InChI=1S/C25H24ClF3N2O4S/c1-17-12-18(2)14-20(13-17)35-11-10-30-24(32)16-31(36(33,34)21-6-4-3-5-7-21)23-15-19(25(27,28)29)8-9-22(23)26/h3-9,12-15H,10-11,16H2,1-2H3,(H,30,32). The number of benzene rings is 3. The highest BCUT2D eigenvalue weighted by molar-refractivity contribution is 7.92. The number of carbonyl (C=O) groups excluding carboxylic acids is 1. The molecule has 0 aromatic heterocycles. The van der Waals surface area contributed by atoms with E-state index in [4.69, 9.17) is 16.3 Å². The molecular formula is C25H24ClF3N2O4S. The van der Waals surface area contributed by atoms with Crippen molar-refractivity contribution in [2.24, 2.45) is 0 Å². The quantitative estimate of drug-likeness (QED) is 0.370. The molecule has 3 aromatic rings. The third-order valence-corrected chi connectivity index (χ3v) is 7.14. The van der Waals surface area contributed by atoms with Crippen LogP contribution in [0.4, 0.5) is 18.9 Å². The van der Waals surface area contributed by atoms with E-state index in [0.29, 0.717) is 16.1 Å². The van der Waals surface area contributed by atoms with Gasteiger partial charge >= 0.3 is 6.18 Å². The summed E-state index contributed by atoms with van der Waals surface area (Å²) < 4.78 is 72.9. The van der Waals surface area contributed by atoms with E-state index in [1.807, 2.05) is 32.0 Å². The number of carbonyl (C=O) groups is 1. The first-order valence-electron chi connectivity index (χ1n) is 10.8. The van der Waals surface area contributed by atoms with Crippen molar-refractivity contribution in [2.45, 2.75) is 24.9 Å². The van der Waals surface area contributed by atoms with Crippen LogP contribution in [0.5, 0.6) is 5.75 Å². The van der Waals surface area contributed by atoms with Crippen molar-refractivity contribution < 1.29 is 31.1 Å². The van der Waals surface area contributed by atoms with Crippen LogP contribution < -0.4 is 14.4 Å². The highest BCUT2D eigenvalue weighted by Gasteiger charge is 2.34. The second-order valence-corrected chi connectivity index (χ2v) is 10.3. The summed E-state index contributed by atoms with van der Waals surface area (Å²) in [5.74, 6) is -0.127. The number of aryl methyl sites for hydroxylation is 2. The highest BCUT2D eigenvalue weighted by Crippen LogP contribution is 2.37. The molecule has 11 heteroatoms. The number of amides is 1. The first kappa shape index (κ1) is 27.3. The van der Waals surface area contributed by atoms with Crippen molar-refractivity contribution in [3.8, 4) is 5.75 Å². The number of nitrogens with zero attached hydrogens (tertiary/aromatic N) is 1. The van der Waals surface area contributed by atoms with E-state index in [-0.39, 0.29) is 23.1 Å². The fourth-order valence-electron chi connectivity index (χ4n) is 3.46. The Morgan fingerprint density at radius 3 is 2.25 bits per heavy atom. The molecule has 3 aromatic carbocycles. The van der Waals surface area contributed by atoms with Gasteiger partial charge in [0, 0.05) is 0 Å². The molecule has 3 rings (SSSR count). The number of anilines is 1. The lowest BCUT2D eigenvalue weighted by molar-refractivity contribution is -0.137. The van der Waals surface area contributed by atoms with Gasteiger partial charge in [-0.25, -0.2) is 8.42 Å². The summed E-state index contributed by atoms with van der Waals surface area (Å²) in [5, 5.41) is 2.28. The number of sulfonamides is 1. The number of hydrogen-bond donors (Lipinski definition) is 1. The molecule has 0 aliphatic carbocycles. The second-order valence-electron chi connectivity index (χ2n) is 8.01. The van der Waals surface area contributed by atoms with Crippen LogP contribution >= 0.6 is 11.6 Å². The number of ether oxygens (including phenoxy) is 1. The van der Waals surface area contributed by atoms with Gasteiger partial charge in [0.1, 0.15) is 18.9 Å². The van der Waals surface area contributed by atoms with Crippen LogP contribution in [0, 0.1) is 13.8 Å². The van der Waals surface area contributed by atoms with E-state index < -0.39 is 39.9 Å². The van der Waals surface area contributed by atoms with Gasteiger partial charge < -0.3 is 10.1 Å². The Morgan fingerprint density at radius 1 is 1.00 bits per heavy atom. The van der Waals surface area contributed by atoms with Gasteiger partial charge in [-0.1, -0.05) is 35.9 Å². The average Bonchev–Trinajstić information content (AvgIpc) is 2.80. The fourth-order valence-corrected chi connectivity index (χ4v) is 5.18. The Morgan fingerprint density at radius 2 is 1.64 bits per heavy atom. The van der Waals surface area contributed by atoms with Crippen LogP contribution in [0.3, 0.4) is 0 Å². The molecule has 36 heavy (non-hydrogen) atoms. The first-order chi connectivity index (χ1) is 16.9. The third kappa shape index (κ3) is 6.92. The minimum absolute atomic E-state index is 0.0430. The lowest BCUT2D eigenvalue weighted by Crippen LogP contribution is -2.42. The molecular weight excluding hydrogens is 517 g/mol. The number of rotatable bonds is 9. The molecule has 0 spiro atoms. The SMILES string of the molecule is Cc1cc(C)cc(OCCNC(=O)CN(c2cc(C(F)(F)F)ccc2Cl)S(=O)(=O)c2ccccc2)c1. The van der Waals surface area contributed by atoms with Gasteiger partial charge in [-0.05, 0) is 67.4 Å². The van der Waals surface area contributed by atoms with Crippen molar-refractivity contribution in [1.29, 1.82) is 0 Å². The van der Waals surface area contributed by atoms with Gasteiger partial charge in [0.25, 0.3) is 10.0 Å². The van der Waals surface area contributed by atoms with Gasteiger partial charge in [0.15, 0.2) is 0 Å². The number of hydrogen-bond acceptors (Lipinski definition) is 4. The molecule has 0 radical (unpaired) electrons. The van der Waals surface area contributed by atoms with Crippen molar-refractivity contribution in [3.05, 3.63) is 88.4 Å². The number of halogens is 4. The summed E-state index contributed by atoms with van der Waals surface area (Å²) in [4.78, 5) is 12.5. The molecule has 0 aliphatic heterocycles. The predicted molar refractivity (Wildman–Crippen MR) is 132 cm³/mol. The van der Waals surface area contributed by atoms with Crippen LogP contribution in [0.2, 0.25) is 5.02 Å². The summed E-state index contributed by atoms with van der Waals surface area (Å²) in [5.41, 5.74) is 0.455. The largest absolute Gasteiger partial charge is 0.492 e. The van der Waals surface area contributed by atoms with E-state index in [1.54, 1.807) is 6.07 Å². The molecule has 0 heterocycles. The van der Waals surface area contributed by atoms with E-state index >= 15 is 0 Å². The minimum Gasteiger partial charge on any atom is -0.492 e. The maximum absolute atomic E-state index is 13.3. The van der Waals surface area contributed by atoms with Crippen molar-refractivity contribution >= 4 is 33.2 Å². The summed E-state index contributed by atoms with van der Waals surface area (Å²) in [6, 6.07) is 15.0. The van der Waals surface area contributed by atoms with Crippen LogP contribution in [-0.2, 0) is 21.0 Å². The Bertz CT molecular complexity index is 1310. The zero-order chi connectivity index (χ0) is 26.5. The number of nitrogens with one attached hydrogen (secondary N) is 1. The van der Waals surface area contributed by atoms with Gasteiger partial charge in [0.2, 0.25) is 5.91 Å². The van der Waals surface area contributed by atoms with E-state index in [1.165, 1.54) is 24.3 Å². The maximum Gasteiger partial charge on any atom is 0.416 e. The highest BCUT2D eigenvalue weighted by atomic mass is 35.5. The lowest BCUT2D eigenvalue weighted by Gasteiger charge is -2.26. The van der Waals surface area contributed by atoms with E-state index in [0.717, 1.165) is 23.3 Å². The van der Waals surface area contributed by atoms with Crippen molar-refractivity contribution in [3.63, 3.8) is 0 Å². The number of alkyl halides is 3. The Hall–Kier alpha value is -3.24. The van der Waals surface area contributed by atoms with E-state index in [9.17, 15) is 26.4 Å². The average molecular weight is 541 g/mol. The Balaban J connectivity index is 1.81. The molecule has 0 atom stereocenters. The molecule has 192 valence electrons. The fraction of sp³-hybridized carbons (Fsp3) is 0.240. The topological polar surface area (TPSA) is 75.7 Å². The summed E-state index contributed by atoms with van der Waals surface area (Å²) >= 11 is 6.11. The Kier molecular flexibility index (Phi) is 8.52. The second kappa shape index (κ2) is 11.2. The molecule has 0 aliphatic rings. The monoisotopic (exact) mass is 540 g/mol. The molecule has 1 amide bonds. The van der Waals surface area contributed by atoms with Gasteiger partial charge in [-0.15, -0.1) is 0 Å². The van der Waals surface area contributed by atoms with Crippen LogP contribution in [0.15, 0.2) is 71.6 Å². The molecule has 6 nitrogen and oxygen atoms in total. The van der Waals surface area contributed by atoms with Gasteiger partial charge in [-0.3, -0.25) is 9.10 Å². The predicted octanol–water partition coefficient (Wildman–Crippen LogP) is 5.37. The van der Waals surface area contributed by atoms with Crippen LogP contribution in [0.1, 0.15) is 16.7 Å². The van der Waals surface area contributed by atoms with E-state index in [2.05, 4.69) is 5.32 Å². The summed E-state index contributed by atoms with van der Waals surface area (Å²) in [6.45, 7) is 3.19.